The number of hydrogen-bond acceptors (Lipinski definition) is 1. The first-order valence-electron chi connectivity index (χ1n) is 8.02. The van der Waals surface area contributed by atoms with Crippen LogP contribution in [-0.2, 0) is 11.2 Å². The van der Waals surface area contributed by atoms with Crippen LogP contribution in [0.15, 0.2) is 24.3 Å². The third-order valence-electron chi connectivity index (χ3n) is 4.74. The van der Waals surface area contributed by atoms with Crippen LogP contribution < -0.4 is 5.32 Å². The molecule has 21 heavy (non-hydrogen) atoms. The largest absolute Gasteiger partial charge is 0.355 e. The Kier molecular flexibility index (Phi) is 6.10. The molecule has 0 atom stereocenters. The predicted octanol–water partition coefficient (Wildman–Crippen LogP) is 4.23. The molecule has 0 unspecified atom stereocenters. The van der Waals surface area contributed by atoms with Crippen molar-refractivity contribution < 1.29 is 4.79 Å². The highest BCUT2D eigenvalue weighted by Crippen LogP contribution is 2.36. The number of carbonyl (C=O) groups excluding carboxylic acids is 1. The Hall–Kier alpha value is -1.02. The maximum atomic E-state index is 12.1. The first-order chi connectivity index (χ1) is 10.2. The minimum atomic E-state index is 0.137. The summed E-state index contributed by atoms with van der Waals surface area (Å²) in [6.07, 6.45) is 7.45. The predicted molar refractivity (Wildman–Crippen MR) is 88.7 cm³/mol. The minimum absolute atomic E-state index is 0.137. The van der Waals surface area contributed by atoms with Crippen molar-refractivity contribution in [3.63, 3.8) is 0 Å². The quantitative estimate of drug-likeness (QED) is 0.783. The molecule has 0 radical (unpaired) electrons. The molecule has 1 aliphatic carbocycles. The SMILES string of the molecule is Cc1ccccc1CCC(=O)NCC1(CCl)CCCCC1. The summed E-state index contributed by atoms with van der Waals surface area (Å²) in [4.78, 5) is 12.1. The van der Waals surface area contributed by atoms with Crippen molar-refractivity contribution in [1.29, 1.82) is 0 Å². The van der Waals surface area contributed by atoms with Gasteiger partial charge in [0.15, 0.2) is 0 Å². The van der Waals surface area contributed by atoms with Gasteiger partial charge in [-0.3, -0.25) is 4.79 Å². The van der Waals surface area contributed by atoms with Crippen molar-refractivity contribution >= 4 is 17.5 Å². The second-order valence-corrected chi connectivity index (χ2v) is 6.66. The zero-order valence-electron chi connectivity index (χ0n) is 13.0. The number of carbonyl (C=O) groups is 1. The molecule has 1 aliphatic rings. The van der Waals surface area contributed by atoms with Gasteiger partial charge in [0, 0.05) is 24.3 Å². The van der Waals surface area contributed by atoms with Gasteiger partial charge in [-0.2, -0.15) is 0 Å². The molecular weight excluding hydrogens is 282 g/mol. The van der Waals surface area contributed by atoms with Crippen LogP contribution in [0.3, 0.4) is 0 Å². The first-order valence-corrected chi connectivity index (χ1v) is 8.56. The van der Waals surface area contributed by atoms with Gasteiger partial charge < -0.3 is 5.32 Å². The van der Waals surface area contributed by atoms with Crippen molar-refractivity contribution in [2.45, 2.75) is 51.9 Å². The molecule has 1 fully saturated rings. The van der Waals surface area contributed by atoms with Gasteiger partial charge in [0.05, 0.1) is 0 Å². The molecule has 2 rings (SSSR count). The number of alkyl halides is 1. The maximum Gasteiger partial charge on any atom is 0.220 e. The van der Waals surface area contributed by atoms with Gasteiger partial charge in [-0.15, -0.1) is 11.6 Å². The Morgan fingerprint density at radius 2 is 1.95 bits per heavy atom. The lowest BCUT2D eigenvalue weighted by Crippen LogP contribution is -2.40. The van der Waals surface area contributed by atoms with Crippen molar-refractivity contribution in [2.24, 2.45) is 5.41 Å². The average Bonchev–Trinajstić information content (AvgIpc) is 2.53. The van der Waals surface area contributed by atoms with Crippen LogP contribution in [0, 0.1) is 12.3 Å². The fraction of sp³-hybridized carbons (Fsp3) is 0.611. The van der Waals surface area contributed by atoms with Crippen LogP contribution in [0.1, 0.15) is 49.7 Å². The van der Waals surface area contributed by atoms with E-state index in [9.17, 15) is 4.79 Å². The monoisotopic (exact) mass is 307 g/mol. The Bertz CT molecular complexity index is 466. The van der Waals surface area contributed by atoms with Crippen LogP contribution in [0.5, 0.6) is 0 Å². The molecule has 3 heteroatoms. The summed E-state index contributed by atoms with van der Waals surface area (Å²) < 4.78 is 0. The van der Waals surface area contributed by atoms with E-state index in [-0.39, 0.29) is 11.3 Å². The second kappa shape index (κ2) is 7.84. The number of hydrogen-bond donors (Lipinski definition) is 1. The molecule has 0 bridgehead atoms. The summed E-state index contributed by atoms with van der Waals surface area (Å²) in [6, 6.07) is 8.26. The Balaban J connectivity index is 1.78. The number of rotatable bonds is 6. The van der Waals surface area contributed by atoms with E-state index in [0.29, 0.717) is 12.3 Å². The molecule has 0 heterocycles. The van der Waals surface area contributed by atoms with Gasteiger partial charge >= 0.3 is 0 Å². The van der Waals surface area contributed by atoms with Crippen molar-refractivity contribution in [1.82, 2.24) is 5.32 Å². The molecule has 0 aromatic heterocycles. The molecule has 116 valence electrons. The van der Waals surface area contributed by atoms with E-state index in [1.807, 2.05) is 12.1 Å². The number of benzene rings is 1. The van der Waals surface area contributed by atoms with Crippen LogP contribution in [-0.4, -0.2) is 18.3 Å². The highest BCUT2D eigenvalue weighted by Gasteiger charge is 2.31. The zero-order chi connectivity index (χ0) is 15.1. The summed E-state index contributed by atoms with van der Waals surface area (Å²) in [6.45, 7) is 2.83. The number of nitrogens with one attached hydrogen (secondary N) is 1. The fourth-order valence-electron chi connectivity index (χ4n) is 3.17. The number of amides is 1. The fourth-order valence-corrected chi connectivity index (χ4v) is 3.53. The average molecular weight is 308 g/mol. The molecule has 1 amide bonds. The minimum Gasteiger partial charge on any atom is -0.355 e. The number of aryl methyl sites for hydroxylation is 2. The second-order valence-electron chi connectivity index (χ2n) is 6.40. The normalized spacial score (nSPS) is 17.4. The summed E-state index contributed by atoms with van der Waals surface area (Å²) >= 11 is 6.16. The molecule has 0 aliphatic heterocycles. The van der Waals surface area contributed by atoms with E-state index >= 15 is 0 Å². The molecule has 1 N–H and O–H groups in total. The highest BCUT2D eigenvalue weighted by molar-refractivity contribution is 6.18. The van der Waals surface area contributed by atoms with E-state index in [0.717, 1.165) is 25.8 Å². The lowest BCUT2D eigenvalue weighted by molar-refractivity contribution is -0.121. The van der Waals surface area contributed by atoms with E-state index in [1.54, 1.807) is 0 Å². The summed E-state index contributed by atoms with van der Waals surface area (Å²) in [5.41, 5.74) is 2.66. The Morgan fingerprint density at radius 3 is 2.62 bits per heavy atom. The van der Waals surface area contributed by atoms with E-state index in [1.165, 1.54) is 30.4 Å². The molecule has 1 saturated carbocycles. The third kappa shape index (κ3) is 4.74. The number of halogens is 1. The lowest BCUT2D eigenvalue weighted by atomic mass is 9.75. The lowest BCUT2D eigenvalue weighted by Gasteiger charge is -2.35. The third-order valence-corrected chi connectivity index (χ3v) is 5.31. The van der Waals surface area contributed by atoms with Crippen molar-refractivity contribution in [2.75, 3.05) is 12.4 Å². The smallest absolute Gasteiger partial charge is 0.220 e. The van der Waals surface area contributed by atoms with Gasteiger partial charge in [0.2, 0.25) is 5.91 Å². The van der Waals surface area contributed by atoms with Gasteiger partial charge in [-0.25, -0.2) is 0 Å². The van der Waals surface area contributed by atoms with E-state index in [4.69, 9.17) is 11.6 Å². The van der Waals surface area contributed by atoms with Crippen LogP contribution in [0.4, 0.5) is 0 Å². The van der Waals surface area contributed by atoms with Crippen LogP contribution >= 0.6 is 11.6 Å². The van der Waals surface area contributed by atoms with Gasteiger partial charge in [-0.1, -0.05) is 43.5 Å². The Labute approximate surface area is 133 Å². The highest BCUT2D eigenvalue weighted by atomic mass is 35.5. The van der Waals surface area contributed by atoms with Gasteiger partial charge in [0.1, 0.15) is 0 Å². The van der Waals surface area contributed by atoms with E-state index in [2.05, 4.69) is 24.4 Å². The summed E-state index contributed by atoms with van der Waals surface area (Å²) in [5.74, 6) is 0.804. The molecular formula is C18H26ClNO. The van der Waals surface area contributed by atoms with Crippen LogP contribution in [0.2, 0.25) is 0 Å². The summed E-state index contributed by atoms with van der Waals surface area (Å²) in [5, 5.41) is 3.11. The molecule has 2 nitrogen and oxygen atoms in total. The maximum absolute atomic E-state index is 12.1. The van der Waals surface area contributed by atoms with Gasteiger partial charge in [-0.05, 0) is 37.3 Å². The standard InChI is InChI=1S/C18H26ClNO/c1-15-7-3-4-8-16(15)9-10-17(21)20-14-18(13-19)11-5-2-6-12-18/h3-4,7-8H,2,5-6,9-14H2,1H3,(H,20,21). The van der Waals surface area contributed by atoms with Crippen molar-refractivity contribution in [3.05, 3.63) is 35.4 Å². The molecule has 1 aromatic rings. The summed E-state index contributed by atoms with van der Waals surface area (Å²) in [7, 11) is 0. The zero-order valence-corrected chi connectivity index (χ0v) is 13.7. The molecule has 0 saturated heterocycles. The molecule has 0 spiro atoms. The van der Waals surface area contributed by atoms with Crippen molar-refractivity contribution in [3.8, 4) is 0 Å². The topological polar surface area (TPSA) is 29.1 Å². The first kappa shape index (κ1) is 16.4. The Morgan fingerprint density at radius 1 is 1.24 bits per heavy atom. The van der Waals surface area contributed by atoms with Gasteiger partial charge in [0.25, 0.3) is 0 Å². The van der Waals surface area contributed by atoms with Crippen LogP contribution in [0.25, 0.3) is 0 Å². The molecule has 1 aromatic carbocycles. The van der Waals surface area contributed by atoms with E-state index < -0.39 is 0 Å².